The summed E-state index contributed by atoms with van der Waals surface area (Å²) in [5.74, 6) is -0.941. The van der Waals surface area contributed by atoms with Gasteiger partial charge in [-0.25, -0.2) is 13.1 Å². The number of rotatable bonds is 7. The summed E-state index contributed by atoms with van der Waals surface area (Å²) in [6, 6.07) is 5.19. The maximum absolute atomic E-state index is 12.3. The molecule has 8 nitrogen and oxygen atoms in total. The standard InChI is InChI=1S/C17H28N4O4S/c1-11(2)15(18)16(23)19-10-14(22)20-12-7-6-8-13(9-12)26(24,25)21-17(3,4)5/h6-9,11,15,21H,10,18H2,1-5H3,(H,19,23)(H,20,22)/t15-/m0/s1. The SMILES string of the molecule is CC(C)[C@H](N)C(=O)NCC(=O)Nc1cccc(S(=O)(=O)NC(C)(C)C)c1. The van der Waals surface area contributed by atoms with Crippen LogP contribution in [0, 0.1) is 5.92 Å². The number of hydrogen-bond donors (Lipinski definition) is 4. The molecule has 0 unspecified atom stereocenters. The molecule has 0 spiro atoms. The predicted octanol–water partition coefficient (Wildman–Crippen LogP) is 0.801. The maximum Gasteiger partial charge on any atom is 0.243 e. The number of carbonyl (C=O) groups excluding carboxylic acids is 2. The van der Waals surface area contributed by atoms with Gasteiger partial charge in [-0.3, -0.25) is 9.59 Å². The maximum atomic E-state index is 12.3. The number of sulfonamides is 1. The third-order valence-corrected chi connectivity index (χ3v) is 5.07. The fourth-order valence-electron chi connectivity index (χ4n) is 2.00. The second-order valence-electron chi connectivity index (χ2n) is 7.42. The van der Waals surface area contributed by atoms with Crippen LogP contribution < -0.4 is 21.1 Å². The number of carbonyl (C=O) groups is 2. The van der Waals surface area contributed by atoms with E-state index in [2.05, 4.69) is 15.4 Å². The monoisotopic (exact) mass is 384 g/mol. The first kappa shape index (κ1) is 22.1. The smallest absolute Gasteiger partial charge is 0.243 e. The van der Waals surface area contributed by atoms with Crippen molar-refractivity contribution in [1.82, 2.24) is 10.0 Å². The molecule has 26 heavy (non-hydrogen) atoms. The van der Waals surface area contributed by atoms with Gasteiger partial charge >= 0.3 is 0 Å². The third-order valence-electron chi connectivity index (χ3n) is 3.31. The minimum atomic E-state index is -3.71. The summed E-state index contributed by atoms with van der Waals surface area (Å²) in [5, 5.41) is 5.01. The zero-order valence-electron chi connectivity index (χ0n) is 15.8. The van der Waals surface area contributed by atoms with Crippen molar-refractivity contribution in [3.63, 3.8) is 0 Å². The Bertz CT molecular complexity index is 754. The minimum absolute atomic E-state index is 0.0380. The molecule has 0 aliphatic heterocycles. The molecular weight excluding hydrogens is 356 g/mol. The summed E-state index contributed by atoms with van der Waals surface area (Å²) in [4.78, 5) is 23.8. The van der Waals surface area contributed by atoms with Gasteiger partial charge in [-0.05, 0) is 44.9 Å². The zero-order valence-corrected chi connectivity index (χ0v) is 16.6. The third kappa shape index (κ3) is 7.11. The Hall–Kier alpha value is -1.97. The van der Waals surface area contributed by atoms with Crippen molar-refractivity contribution in [2.75, 3.05) is 11.9 Å². The highest BCUT2D eigenvalue weighted by molar-refractivity contribution is 7.89. The molecule has 0 aliphatic carbocycles. The average Bonchev–Trinajstić information content (AvgIpc) is 2.49. The Kier molecular flexibility index (Phi) is 7.31. The Morgan fingerprint density at radius 1 is 1.19 bits per heavy atom. The summed E-state index contributed by atoms with van der Waals surface area (Å²) < 4.78 is 27.2. The van der Waals surface area contributed by atoms with Crippen LogP contribution in [0.15, 0.2) is 29.2 Å². The van der Waals surface area contributed by atoms with Crippen LogP contribution in [-0.2, 0) is 19.6 Å². The van der Waals surface area contributed by atoms with Crippen molar-refractivity contribution in [1.29, 1.82) is 0 Å². The molecule has 1 rings (SSSR count). The van der Waals surface area contributed by atoms with Gasteiger partial charge in [0.1, 0.15) is 0 Å². The van der Waals surface area contributed by atoms with Crippen LogP contribution in [0.2, 0.25) is 0 Å². The summed E-state index contributed by atoms with van der Waals surface area (Å²) in [6.45, 7) is 8.57. The molecule has 0 fully saturated rings. The molecule has 9 heteroatoms. The number of anilines is 1. The van der Waals surface area contributed by atoms with E-state index in [0.29, 0.717) is 5.69 Å². The van der Waals surface area contributed by atoms with Gasteiger partial charge in [0.25, 0.3) is 0 Å². The van der Waals surface area contributed by atoms with E-state index < -0.39 is 33.4 Å². The second-order valence-corrected chi connectivity index (χ2v) is 9.10. The van der Waals surface area contributed by atoms with E-state index in [4.69, 9.17) is 5.73 Å². The lowest BCUT2D eigenvalue weighted by molar-refractivity contribution is -0.125. The molecule has 0 aliphatic rings. The van der Waals surface area contributed by atoms with Crippen LogP contribution in [-0.4, -0.2) is 38.4 Å². The van der Waals surface area contributed by atoms with Crippen LogP contribution >= 0.6 is 0 Å². The van der Waals surface area contributed by atoms with Crippen LogP contribution in [0.5, 0.6) is 0 Å². The number of nitrogens with one attached hydrogen (secondary N) is 3. The molecule has 0 saturated carbocycles. The lowest BCUT2D eigenvalue weighted by Crippen LogP contribution is -2.46. The number of nitrogens with two attached hydrogens (primary N) is 1. The fraction of sp³-hybridized carbons (Fsp3) is 0.529. The summed E-state index contributed by atoms with van der Waals surface area (Å²) >= 11 is 0. The van der Waals surface area contributed by atoms with Gasteiger partial charge in [-0.1, -0.05) is 19.9 Å². The Morgan fingerprint density at radius 2 is 1.81 bits per heavy atom. The molecule has 2 amide bonds. The molecule has 0 heterocycles. The molecule has 146 valence electrons. The van der Waals surface area contributed by atoms with Gasteiger partial charge in [0.15, 0.2) is 0 Å². The molecule has 1 aromatic carbocycles. The molecule has 1 aromatic rings. The van der Waals surface area contributed by atoms with Gasteiger partial charge in [0.05, 0.1) is 17.5 Å². The van der Waals surface area contributed by atoms with Crippen molar-refractivity contribution in [3.05, 3.63) is 24.3 Å². The number of benzene rings is 1. The van der Waals surface area contributed by atoms with Crippen molar-refractivity contribution >= 4 is 27.5 Å². The van der Waals surface area contributed by atoms with E-state index in [1.807, 2.05) is 13.8 Å². The highest BCUT2D eigenvalue weighted by atomic mass is 32.2. The topological polar surface area (TPSA) is 130 Å². The average molecular weight is 385 g/mol. The number of hydrogen-bond acceptors (Lipinski definition) is 5. The van der Waals surface area contributed by atoms with Gasteiger partial charge in [-0.15, -0.1) is 0 Å². The number of amides is 2. The summed E-state index contributed by atoms with van der Waals surface area (Å²) in [5.41, 5.74) is 5.39. The van der Waals surface area contributed by atoms with Crippen LogP contribution in [0.25, 0.3) is 0 Å². The molecule has 0 radical (unpaired) electrons. The lowest BCUT2D eigenvalue weighted by atomic mass is 10.1. The highest BCUT2D eigenvalue weighted by Gasteiger charge is 2.22. The van der Waals surface area contributed by atoms with Crippen molar-refractivity contribution in [2.45, 2.75) is 51.1 Å². The van der Waals surface area contributed by atoms with E-state index in [1.165, 1.54) is 18.2 Å². The Labute approximate surface area is 155 Å². The van der Waals surface area contributed by atoms with Gasteiger partial charge < -0.3 is 16.4 Å². The van der Waals surface area contributed by atoms with Crippen LogP contribution in [0.1, 0.15) is 34.6 Å². The highest BCUT2D eigenvalue weighted by Crippen LogP contribution is 2.17. The first-order valence-electron chi connectivity index (χ1n) is 8.29. The Morgan fingerprint density at radius 3 is 2.35 bits per heavy atom. The van der Waals surface area contributed by atoms with E-state index in [0.717, 1.165) is 0 Å². The molecule has 0 aromatic heterocycles. The lowest BCUT2D eigenvalue weighted by Gasteiger charge is -2.20. The molecule has 5 N–H and O–H groups in total. The quantitative estimate of drug-likeness (QED) is 0.552. The zero-order chi connectivity index (χ0) is 20.1. The van der Waals surface area contributed by atoms with Crippen molar-refractivity contribution < 1.29 is 18.0 Å². The van der Waals surface area contributed by atoms with Gasteiger partial charge in [0, 0.05) is 11.2 Å². The van der Waals surface area contributed by atoms with Crippen molar-refractivity contribution in [3.8, 4) is 0 Å². The first-order valence-corrected chi connectivity index (χ1v) is 9.77. The molecule has 1 atom stereocenters. The molecular formula is C17H28N4O4S. The Balaban J connectivity index is 2.75. The molecule has 0 bridgehead atoms. The van der Waals surface area contributed by atoms with Gasteiger partial charge in [-0.2, -0.15) is 0 Å². The van der Waals surface area contributed by atoms with E-state index in [1.54, 1.807) is 26.8 Å². The normalized spacial score (nSPS) is 13.3. The first-order chi connectivity index (χ1) is 11.8. The van der Waals surface area contributed by atoms with E-state index in [9.17, 15) is 18.0 Å². The summed E-state index contributed by atoms with van der Waals surface area (Å²) in [7, 11) is -3.71. The van der Waals surface area contributed by atoms with Crippen LogP contribution in [0.3, 0.4) is 0 Å². The van der Waals surface area contributed by atoms with Crippen LogP contribution in [0.4, 0.5) is 5.69 Å². The molecule has 0 saturated heterocycles. The van der Waals surface area contributed by atoms with Gasteiger partial charge in [0.2, 0.25) is 21.8 Å². The van der Waals surface area contributed by atoms with E-state index in [-0.39, 0.29) is 17.4 Å². The fourth-order valence-corrected chi connectivity index (χ4v) is 3.46. The van der Waals surface area contributed by atoms with Crippen molar-refractivity contribution in [2.24, 2.45) is 11.7 Å². The summed E-state index contributed by atoms with van der Waals surface area (Å²) in [6.07, 6.45) is 0. The second kappa shape index (κ2) is 8.61. The largest absolute Gasteiger partial charge is 0.346 e. The minimum Gasteiger partial charge on any atom is -0.346 e. The van der Waals surface area contributed by atoms with E-state index >= 15 is 0 Å². The predicted molar refractivity (Wildman–Crippen MR) is 101 cm³/mol.